The number of hydrogen-bond acceptors (Lipinski definition) is 7. The first-order valence-corrected chi connectivity index (χ1v) is 7.83. The predicted molar refractivity (Wildman–Crippen MR) is 81.0 cm³/mol. The van der Waals surface area contributed by atoms with Crippen LogP contribution >= 0.6 is 34.3 Å². The minimum atomic E-state index is -0.326. The summed E-state index contributed by atoms with van der Waals surface area (Å²) >= 11 is 7.99. The van der Waals surface area contributed by atoms with Gasteiger partial charge >= 0.3 is 0 Å². The van der Waals surface area contributed by atoms with E-state index >= 15 is 0 Å². The summed E-state index contributed by atoms with van der Waals surface area (Å²) in [4.78, 5) is 32.4. The van der Waals surface area contributed by atoms with E-state index in [1.54, 1.807) is 18.5 Å². The van der Waals surface area contributed by atoms with Crippen molar-refractivity contribution in [3.05, 3.63) is 37.1 Å². The molecule has 0 fully saturated rings. The molecule has 1 amide bonds. The molecule has 0 unspecified atom stereocenters. The zero-order valence-electron chi connectivity index (χ0n) is 10.7. The summed E-state index contributed by atoms with van der Waals surface area (Å²) in [5.41, 5.74) is 0.420. The number of H-pyrrole nitrogens is 1. The molecule has 3 aromatic rings. The van der Waals surface area contributed by atoms with Crippen molar-refractivity contribution in [2.75, 3.05) is 7.05 Å². The summed E-state index contributed by atoms with van der Waals surface area (Å²) in [6, 6.07) is 1.77. The van der Waals surface area contributed by atoms with Gasteiger partial charge in [-0.15, -0.1) is 21.5 Å². The highest BCUT2D eigenvalue weighted by Gasteiger charge is 2.18. The van der Waals surface area contributed by atoms with Crippen LogP contribution in [0, 0.1) is 0 Å². The molecule has 21 heavy (non-hydrogen) atoms. The molecule has 0 saturated carbocycles. The number of nitrogens with one attached hydrogen (secondary N) is 1. The third kappa shape index (κ3) is 2.80. The Labute approximate surface area is 131 Å². The third-order valence-electron chi connectivity index (χ3n) is 2.68. The first kappa shape index (κ1) is 14.1. The highest BCUT2D eigenvalue weighted by Crippen LogP contribution is 2.17. The van der Waals surface area contributed by atoms with Crippen LogP contribution in [0.3, 0.4) is 0 Å². The number of hydrogen-bond donors (Lipinski definition) is 1. The number of halogens is 1. The summed E-state index contributed by atoms with van der Waals surface area (Å²) in [7, 11) is 1.59. The molecule has 0 radical (unpaired) electrons. The maximum atomic E-state index is 12.1. The summed E-state index contributed by atoms with van der Waals surface area (Å²) < 4.78 is 0.779. The van der Waals surface area contributed by atoms with E-state index in [0.29, 0.717) is 16.0 Å². The first-order valence-electron chi connectivity index (χ1n) is 5.75. The molecule has 108 valence electrons. The molecule has 0 aliphatic heterocycles. The highest BCUT2D eigenvalue weighted by atomic mass is 35.5. The Morgan fingerprint density at radius 2 is 2.29 bits per heavy atom. The normalized spacial score (nSPS) is 11.0. The molecule has 0 aliphatic rings. The van der Waals surface area contributed by atoms with Gasteiger partial charge in [-0.1, -0.05) is 11.3 Å². The molecule has 0 aliphatic carbocycles. The van der Waals surface area contributed by atoms with Crippen LogP contribution in [0.15, 0.2) is 16.2 Å². The van der Waals surface area contributed by atoms with Gasteiger partial charge in [0.05, 0.1) is 12.1 Å². The van der Waals surface area contributed by atoms with Gasteiger partial charge in [-0.3, -0.25) is 9.59 Å². The minimum absolute atomic E-state index is 0.164. The number of aromatic nitrogens is 4. The topological polar surface area (TPSA) is 91.8 Å². The van der Waals surface area contributed by atoms with Gasteiger partial charge in [0.1, 0.15) is 10.5 Å². The molecular weight excluding hydrogens is 334 g/mol. The molecule has 10 heteroatoms. The van der Waals surface area contributed by atoms with Crippen LogP contribution < -0.4 is 5.56 Å². The molecule has 0 aromatic carbocycles. The quantitative estimate of drug-likeness (QED) is 0.783. The van der Waals surface area contributed by atoms with Gasteiger partial charge in [0.2, 0.25) is 9.47 Å². The van der Waals surface area contributed by atoms with Crippen LogP contribution in [0.1, 0.15) is 15.6 Å². The van der Waals surface area contributed by atoms with E-state index in [2.05, 4.69) is 20.2 Å². The number of carbonyl (C=O) groups is 1. The highest BCUT2D eigenvalue weighted by molar-refractivity contribution is 7.17. The zero-order chi connectivity index (χ0) is 15.0. The molecule has 1 N–H and O–H groups in total. The lowest BCUT2D eigenvalue weighted by molar-refractivity contribution is 0.0780. The van der Waals surface area contributed by atoms with E-state index in [1.807, 2.05) is 0 Å². The standard InChI is InChI=1S/C11H8ClN5O2S2/c1-17(10(19)9-15-16-11(12)21-9)4-6-13-5-2-3-20-7(5)8(18)14-6/h2-3H,4H2,1H3,(H,13,14,18). The average Bonchev–Trinajstić information content (AvgIpc) is 3.06. The molecule has 7 nitrogen and oxygen atoms in total. The summed E-state index contributed by atoms with van der Waals surface area (Å²) in [5, 5.41) is 9.28. The lowest BCUT2D eigenvalue weighted by atomic mass is 10.4. The van der Waals surface area contributed by atoms with Crippen molar-refractivity contribution < 1.29 is 4.79 Å². The van der Waals surface area contributed by atoms with Crippen molar-refractivity contribution in [2.45, 2.75) is 6.54 Å². The van der Waals surface area contributed by atoms with Gasteiger partial charge in [0.25, 0.3) is 11.5 Å². The van der Waals surface area contributed by atoms with Gasteiger partial charge in [-0.2, -0.15) is 0 Å². The molecular formula is C11H8ClN5O2S2. The Morgan fingerprint density at radius 1 is 1.48 bits per heavy atom. The molecule has 0 saturated heterocycles. The molecule has 3 rings (SSSR count). The molecule has 0 bridgehead atoms. The van der Waals surface area contributed by atoms with E-state index in [0.717, 1.165) is 11.3 Å². The van der Waals surface area contributed by atoms with E-state index in [-0.39, 0.29) is 27.5 Å². The van der Waals surface area contributed by atoms with E-state index in [1.165, 1.54) is 16.2 Å². The van der Waals surface area contributed by atoms with Gasteiger partial charge in [0.15, 0.2) is 0 Å². The fraction of sp³-hybridized carbons (Fsp3) is 0.182. The first-order chi connectivity index (χ1) is 10.0. The second kappa shape index (κ2) is 5.51. The van der Waals surface area contributed by atoms with Crippen LogP contribution in [0.2, 0.25) is 4.47 Å². The fourth-order valence-electron chi connectivity index (χ4n) is 1.75. The van der Waals surface area contributed by atoms with E-state index in [9.17, 15) is 9.59 Å². The van der Waals surface area contributed by atoms with Gasteiger partial charge in [-0.25, -0.2) is 4.98 Å². The molecule has 0 atom stereocenters. The smallest absolute Gasteiger partial charge is 0.285 e. The third-order valence-corrected chi connectivity index (χ3v) is 4.59. The van der Waals surface area contributed by atoms with Crippen molar-refractivity contribution in [1.29, 1.82) is 0 Å². The number of fused-ring (bicyclic) bond motifs is 1. The lowest BCUT2D eigenvalue weighted by Crippen LogP contribution is -2.28. The number of carbonyl (C=O) groups excluding carboxylic acids is 1. The molecule has 0 spiro atoms. The Bertz CT molecular complexity index is 871. The number of rotatable bonds is 3. The predicted octanol–water partition coefficient (Wildman–Crippen LogP) is 1.76. The van der Waals surface area contributed by atoms with Crippen molar-refractivity contribution in [1.82, 2.24) is 25.1 Å². The van der Waals surface area contributed by atoms with Crippen LogP contribution in [0.25, 0.3) is 10.2 Å². The second-order valence-corrected chi connectivity index (χ2v) is 6.64. The summed E-state index contributed by atoms with van der Waals surface area (Å²) in [5.74, 6) is 0.0878. The van der Waals surface area contributed by atoms with Crippen LogP contribution in [0.4, 0.5) is 0 Å². The Balaban J connectivity index is 1.84. The minimum Gasteiger partial charge on any atom is -0.332 e. The SMILES string of the molecule is CN(Cc1nc2ccsc2c(=O)[nH]1)C(=O)c1nnc(Cl)s1. The van der Waals surface area contributed by atoms with Crippen molar-refractivity contribution in [2.24, 2.45) is 0 Å². The maximum absolute atomic E-state index is 12.1. The van der Waals surface area contributed by atoms with Gasteiger partial charge < -0.3 is 9.88 Å². The molecule has 3 aromatic heterocycles. The largest absolute Gasteiger partial charge is 0.332 e. The number of amides is 1. The Hall–Kier alpha value is -1.84. The zero-order valence-corrected chi connectivity index (χ0v) is 13.1. The van der Waals surface area contributed by atoms with E-state index in [4.69, 9.17) is 11.6 Å². The van der Waals surface area contributed by atoms with Crippen LogP contribution in [0.5, 0.6) is 0 Å². The number of aromatic amines is 1. The number of thiophene rings is 1. The molecule has 3 heterocycles. The van der Waals surface area contributed by atoms with Crippen LogP contribution in [-0.2, 0) is 6.54 Å². The maximum Gasteiger partial charge on any atom is 0.285 e. The van der Waals surface area contributed by atoms with Gasteiger partial charge in [0, 0.05) is 7.05 Å². The van der Waals surface area contributed by atoms with Crippen LogP contribution in [-0.4, -0.2) is 38.0 Å². The average molecular weight is 342 g/mol. The van der Waals surface area contributed by atoms with Crippen molar-refractivity contribution in [3.8, 4) is 0 Å². The van der Waals surface area contributed by atoms with E-state index < -0.39 is 0 Å². The van der Waals surface area contributed by atoms with Crippen molar-refractivity contribution >= 4 is 50.4 Å². The summed E-state index contributed by atoms with van der Waals surface area (Å²) in [6.07, 6.45) is 0. The Morgan fingerprint density at radius 3 is 3.00 bits per heavy atom. The lowest BCUT2D eigenvalue weighted by Gasteiger charge is -2.14. The fourth-order valence-corrected chi connectivity index (χ4v) is 3.30. The van der Waals surface area contributed by atoms with Crippen molar-refractivity contribution in [3.63, 3.8) is 0 Å². The summed E-state index contributed by atoms with van der Waals surface area (Å²) in [6.45, 7) is 0.164. The second-order valence-electron chi connectivity index (χ2n) is 4.17. The number of nitrogens with zero attached hydrogens (tertiary/aromatic N) is 4. The van der Waals surface area contributed by atoms with Gasteiger partial charge in [-0.05, 0) is 23.0 Å². The monoisotopic (exact) mass is 341 g/mol. The Kier molecular flexibility index (Phi) is 3.70.